The van der Waals surface area contributed by atoms with Crippen molar-refractivity contribution in [3.05, 3.63) is 41.9 Å². The fourth-order valence-corrected chi connectivity index (χ4v) is 1.24. The number of carboxylic acids is 1. The van der Waals surface area contributed by atoms with Crippen molar-refractivity contribution >= 4 is 12.3 Å². The Labute approximate surface area is 90.3 Å². The Kier molecular flexibility index (Phi) is 2.51. The van der Waals surface area contributed by atoms with Crippen LogP contribution in [0.15, 0.2) is 34.9 Å². The Morgan fingerprint density at radius 3 is 2.62 bits per heavy atom. The van der Waals surface area contributed by atoms with E-state index in [2.05, 4.69) is 4.98 Å². The number of rotatable bonds is 3. The molecule has 0 amide bonds. The molecule has 16 heavy (non-hydrogen) atoms. The molecule has 0 radical (unpaired) electrons. The van der Waals surface area contributed by atoms with E-state index in [9.17, 15) is 9.59 Å². The predicted octanol–water partition coefficient (Wildman–Crippen LogP) is 1.85. The molecule has 0 aliphatic heterocycles. The highest BCUT2D eigenvalue weighted by molar-refractivity contribution is 5.85. The molecule has 2 aromatic rings. The van der Waals surface area contributed by atoms with Crippen LogP contribution in [0.25, 0.3) is 11.3 Å². The van der Waals surface area contributed by atoms with Gasteiger partial charge in [0.05, 0.1) is 0 Å². The summed E-state index contributed by atoms with van der Waals surface area (Å²) in [6, 6.07) is 6.11. The third-order valence-corrected chi connectivity index (χ3v) is 2.01. The normalized spacial score (nSPS) is 10.0. The summed E-state index contributed by atoms with van der Waals surface area (Å²) < 4.78 is 5.16. The first-order valence-corrected chi connectivity index (χ1v) is 4.45. The first kappa shape index (κ1) is 10.1. The van der Waals surface area contributed by atoms with Gasteiger partial charge in [0.1, 0.15) is 11.5 Å². The Morgan fingerprint density at radius 1 is 1.31 bits per heavy atom. The molecule has 0 aliphatic carbocycles. The van der Waals surface area contributed by atoms with E-state index < -0.39 is 5.97 Å². The quantitative estimate of drug-likeness (QED) is 0.793. The van der Waals surface area contributed by atoms with Gasteiger partial charge in [-0.15, -0.1) is 0 Å². The maximum absolute atomic E-state index is 10.6. The van der Waals surface area contributed by atoms with Crippen molar-refractivity contribution in [2.75, 3.05) is 0 Å². The lowest BCUT2D eigenvalue weighted by molar-refractivity contribution is 0.0690. The van der Waals surface area contributed by atoms with Crippen molar-refractivity contribution in [1.82, 2.24) is 4.98 Å². The summed E-state index contributed by atoms with van der Waals surface area (Å²) in [5.74, 6) is -0.386. The van der Waals surface area contributed by atoms with Crippen molar-refractivity contribution in [2.45, 2.75) is 0 Å². The summed E-state index contributed by atoms with van der Waals surface area (Å²) in [5.41, 5.74) is 0.587. The minimum absolute atomic E-state index is 0.0362. The molecular formula is C11H7NO4. The number of hydrogen-bond donors (Lipinski definition) is 1. The maximum atomic E-state index is 10.6. The van der Waals surface area contributed by atoms with Crippen molar-refractivity contribution < 1.29 is 19.1 Å². The summed E-state index contributed by atoms with van der Waals surface area (Å²) in [6.45, 7) is 0. The van der Waals surface area contributed by atoms with Crippen LogP contribution in [0, 0.1) is 0 Å². The van der Waals surface area contributed by atoms with Crippen LogP contribution in [0.4, 0.5) is 0 Å². The van der Waals surface area contributed by atoms with Gasteiger partial charge >= 0.3 is 5.97 Å². The number of nitrogens with zero attached hydrogens (tertiary/aromatic N) is 1. The Hall–Kier alpha value is -2.43. The standard InChI is InChI=1S/C11H7NO4/c13-6-8-2-4-10(16-8)7-1-3-9(11(14)15)12-5-7/h1-6H,(H,14,15). The zero-order valence-corrected chi connectivity index (χ0v) is 8.08. The number of aromatic carboxylic acids is 1. The van der Waals surface area contributed by atoms with E-state index in [1.807, 2.05) is 0 Å². The topological polar surface area (TPSA) is 80.4 Å². The molecule has 80 valence electrons. The minimum Gasteiger partial charge on any atom is -0.477 e. The number of furan rings is 1. The van der Waals surface area contributed by atoms with Crippen molar-refractivity contribution in [2.24, 2.45) is 0 Å². The first-order chi connectivity index (χ1) is 7.70. The fourth-order valence-electron chi connectivity index (χ4n) is 1.24. The van der Waals surface area contributed by atoms with Gasteiger partial charge in [-0.2, -0.15) is 0 Å². The SMILES string of the molecule is O=Cc1ccc(-c2ccc(C(=O)O)nc2)o1. The van der Waals surface area contributed by atoms with E-state index in [0.29, 0.717) is 17.6 Å². The summed E-state index contributed by atoms with van der Waals surface area (Å²) in [6.07, 6.45) is 1.99. The summed E-state index contributed by atoms with van der Waals surface area (Å²) in [7, 11) is 0. The van der Waals surface area contributed by atoms with Gasteiger partial charge < -0.3 is 9.52 Å². The van der Waals surface area contributed by atoms with Gasteiger partial charge in [-0.05, 0) is 24.3 Å². The molecule has 0 saturated heterocycles. The molecule has 2 heterocycles. The molecule has 0 atom stereocenters. The van der Waals surface area contributed by atoms with Gasteiger partial charge in [0.25, 0.3) is 0 Å². The lowest BCUT2D eigenvalue weighted by Gasteiger charge is -1.96. The lowest BCUT2D eigenvalue weighted by Crippen LogP contribution is -1.98. The highest BCUT2D eigenvalue weighted by Gasteiger charge is 2.07. The smallest absolute Gasteiger partial charge is 0.354 e. The Balaban J connectivity index is 2.34. The van der Waals surface area contributed by atoms with E-state index in [0.717, 1.165) is 0 Å². The summed E-state index contributed by atoms with van der Waals surface area (Å²) in [4.78, 5) is 24.7. The summed E-state index contributed by atoms with van der Waals surface area (Å²) >= 11 is 0. The van der Waals surface area contributed by atoms with E-state index >= 15 is 0 Å². The van der Waals surface area contributed by atoms with Crippen molar-refractivity contribution in [3.63, 3.8) is 0 Å². The van der Waals surface area contributed by atoms with Crippen LogP contribution in [0.5, 0.6) is 0 Å². The number of carboxylic acid groups (broad SMARTS) is 1. The molecule has 5 heteroatoms. The third-order valence-electron chi connectivity index (χ3n) is 2.01. The van der Waals surface area contributed by atoms with E-state index in [1.165, 1.54) is 18.3 Å². The minimum atomic E-state index is -1.08. The molecule has 5 nitrogen and oxygen atoms in total. The van der Waals surface area contributed by atoms with Crippen LogP contribution in [-0.4, -0.2) is 22.3 Å². The first-order valence-electron chi connectivity index (χ1n) is 4.45. The second kappa shape index (κ2) is 3.98. The van der Waals surface area contributed by atoms with E-state index in [1.54, 1.807) is 12.1 Å². The van der Waals surface area contributed by atoms with Gasteiger partial charge in [-0.1, -0.05) is 0 Å². The van der Waals surface area contributed by atoms with Crippen LogP contribution < -0.4 is 0 Å². The molecule has 2 rings (SSSR count). The molecule has 0 unspecified atom stereocenters. The van der Waals surface area contributed by atoms with Gasteiger partial charge in [-0.3, -0.25) is 4.79 Å². The molecular weight excluding hydrogens is 210 g/mol. The van der Waals surface area contributed by atoms with E-state index in [4.69, 9.17) is 9.52 Å². The van der Waals surface area contributed by atoms with Crippen molar-refractivity contribution in [1.29, 1.82) is 0 Å². The lowest BCUT2D eigenvalue weighted by atomic mass is 10.2. The number of aromatic nitrogens is 1. The zero-order chi connectivity index (χ0) is 11.5. The monoisotopic (exact) mass is 217 g/mol. The van der Waals surface area contributed by atoms with Gasteiger partial charge in [-0.25, -0.2) is 9.78 Å². The van der Waals surface area contributed by atoms with Gasteiger partial charge in [0, 0.05) is 11.8 Å². The van der Waals surface area contributed by atoms with Crippen molar-refractivity contribution in [3.8, 4) is 11.3 Å². The second-order valence-electron chi connectivity index (χ2n) is 3.06. The molecule has 0 saturated carbocycles. The molecule has 0 fully saturated rings. The second-order valence-corrected chi connectivity index (χ2v) is 3.06. The van der Waals surface area contributed by atoms with Crippen LogP contribution >= 0.6 is 0 Å². The number of hydrogen-bond acceptors (Lipinski definition) is 4. The Bertz CT molecular complexity index is 527. The fraction of sp³-hybridized carbons (Fsp3) is 0. The number of carbonyl (C=O) groups is 2. The molecule has 0 aromatic carbocycles. The Morgan fingerprint density at radius 2 is 2.12 bits per heavy atom. The van der Waals surface area contributed by atoms with Gasteiger partial charge in [0.15, 0.2) is 12.0 Å². The van der Waals surface area contributed by atoms with Gasteiger partial charge in [0.2, 0.25) is 0 Å². The molecule has 2 aromatic heterocycles. The maximum Gasteiger partial charge on any atom is 0.354 e. The molecule has 0 spiro atoms. The van der Waals surface area contributed by atoms with E-state index in [-0.39, 0.29) is 11.5 Å². The van der Waals surface area contributed by atoms with Crippen LogP contribution in [-0.2, 0) is 0 Å². The zero-order valence-electron chi connectivity index (χ0n) is 8.08. The largest absolute Gasteiger partial charge is 0.477 e. The average molecular weight is 217 g/mol. The van der Waals surface area contributed by atoms with Crippen LogP contribution in [0.2, 0.25) is 0 Å². The van der Waals surface area contributed by atoms with Crippen LogP contribution in [0.3, 0.4) is 0 Å². The van der Waals surface area contributed by atoms with Crippen LogP contribution in [0.1, 0.15) is 21.0 Å². The highest BCUT2D eigenvalue weighted by atomic mass is 16.4. The third kappa shape index (κ3) is 1.83. The summed E-state index contributed by atoms with van der Waals surface area (Å²) in [5, 5.41) is 8.66. The number of aldehydes is 1. The average Bonchev–Trinajstić information content (AvgIpc) is 2.77. The molecule has 1 N–H and O–H groups in total. The number of carbonyl (C=O) groups excluding carboxylic acids is 1. The highest BCUT2D eigenvalue weighted by Crippen LogP contribution is 2.20. The number of pyridine rings is 1. The molecule has 0 bridgehead atoms. The molecule has 0 aliphatic rings. The predicted molar refractivity (Wildman–Crippen MR) is 54.3 cm³/mol.